The van der Waals surface area contributed by atoms with Gasteiger partial charge in [-0.3, -0.25) is 9.59 Å². The highest BCUT2D eigenvalue weighted by atomic mass is 32.1. The van der Waals surface area contributed by atoms with Gasteiger partial charge in [0.15, 0.2) is 5.13 Å². The van der Waals surface area contributed by atoms with Crippen LogP contribution in [-0.2, 0) is 9.59 Å². The molecule has 1 heterocycles. The minimum absolute atomic E-state index is 0.0458. The summed E-state index contributed by atoms with van der Waals surface area (Å²) in [5, 5.41) is 8.19. The molecule has 0 aromatic carbocycles. The number of thiazole rings is 1. The molecule has 6 heteroatoms. The highest BCUT2D eigenvalue weighted by molar-refractivity contribution is 7.13. The molecule has 2 N–H and O–H groups in total. The third kappa shape index (κ3) is 4.30. The van der Waals surface area contributed by atoms with Crippen molar-refractivity contribution in [1.82, 2.24) is 10.3 Å². The van der Waals surface area contributed by atoms with Crippen LogP contribution in [0.25, 0.3) is 0 Å². The molecule has 0 bridgehead atoms. The highest BCUT2D eigenvalue weighted by Crippen LogP contribution is 2.40. The lowest BCUT2D eigenvalue weighted by atomic mass is 9.96. The van der Waals surface area contributed by atoms with Crippen LogP contribution in [0.4, 0.5) is 5.13 Å². The molecule has 0 aliphatic heterocycles. The van der Waals surface area contributed by atoms with Gasteiger partial charge >= 0.3 is 0 Å². The first-order valence-electron chi connectivity index (χ1n) is 6.90. The van der Waals surface area contributed by atoms with Crippen LogP contribution in [0.15, 0.2) is 5.38 Å². The van der Waals surface area contributed by atoms with Gasteiger partial charge in [-0.25, -0.2) is 4.98 Å². The summed E-state index contributed by atoms with van der Waals surface area (Å²) in [7, 11) is 0. The standard InChI is InChI=1S/C14H21N3O2S/c1-14(2,3)12(19)15-7-6-11(18)17-13-16-10(8-20-13)9-4-5-9/h8-9H,4-7H2,1-3H3,(H,15,19)(H,16,17,18). The SMILES string of the molecule is CC(C)(C)C(=O)NCCC(=O)Nc1nc(C2CC2)cs1. The van der Waals surface area contributed by atoms with Crippen LogP contribution in [0.1, 0.15) is 51.6 Å². The van der Waals surface area contributed by atoms with Crippen molar-refractivity contribution < 1.29 is 9.59 Å². The van der Waals surface area contributed by atoms with Gasteiger partial charge in [-0.2, -0.15) is 0 Å². The zero-order valence-corrected chi connectivity index (χ0v) is 13.0. The molecule has 1 aromatic heterocycles. The number of carbonyl (C=O) groups is 2. The lowest BCUT2D eigenvalue weighted by Crippen LogP contribution is -2.36. The van der Waals surface area contributed by atoms with Crippen LogP contribution in [0.2, 0.25) is 0 Å². The van der Waals surface area contributed by atoms with E-state index in [2.05, 4.69) is 15.6 Å². The summed E-state index contributed by atoms with van der Waals surface area (Å²) in [6.07, 6.45) is 2.67. The van der Waals surface area contributed by atoms with Crippen LogP contribution < -0.4 is 10.6 Å². The lowest BCUT2D eigenvalue weighted by Gasteiger charge is -2.17. The van der Waals surface area contributed by atoms with E-state index < -0.39 is 5.41 Å². The fraction of sp³-hybridized carbons (Fsp3) is 0.643. The van der Waals surface area contributed by atoms with Crippen LogP contribution in [0.5, 0.6) is 0 Å². The maximum atomic E-state index is 11.7. The van der Waals surface area contributed by atoms with E-state index in [-0.39, 0.29) is 18.2 Å². The van der Waals surface area contributed by atoms with Gasteiger partial charge < -0.3 is 10.6 Å². The lowest BCUT2D eigenvalue weighted by molar-refractivity contribution is -0.128. The van der Waals surface area contributed by atoms with Crippen LogP contribution in [-0.4, -0.2) is 23.3 Å². The number of nitrogens with zero attached hydrogens (tertiary/aromatic N) is 1. The summed E-state index contributed by atoms with van der Waals surface area (Å²) in [5.41, 5.74) is 0.664. The van der Waals surface area contributed by atoms with Crippen molar-refractivity contribution in [3.05, 3.63) is 11.1 Å². The quantitative estimate of drug-likeness (QED) is 0.877. The summed E-state index contributed by atoms with van der Waals surface area (Å²) in [6, 6.07) is 0. The molecule has 110 valence electrons. The first-order valence-corrected chi connectivity index (χ1v) is 7.78. The Kier molecular flexibility index (Phi) is 4.42. The molecule has 0 spiro atoms. The van der Waals surface area contributed by atoms with Crippen molar-refractivity contribution in [2.45, 2.75) is 46.0 Å². The van der Waals surface area contributed by atoms with E-state index in [9.17, 15) is 9.59 Å². The van der Waals surface area contributed by atoms with E-state index in [0.717, 1.165) is 5.69 Å². The maximum absolute atomic E-state index is 11.7. The van der Waals surface area contributed by atoms with Crippen LogP contribution in [0, 0.1) is 5.41 Å². The second kappa shape index (κ2) is 5.91. The summed E-state index contributed by atoms with van der Waals surface area (Å²) in [4.78, 5) is 27.8. The number of anilines is 1. The molecule has 0 saturated heterocycles. The predicted octanol–water partition coefficient (Wildman–Crippen LogP) is 2.51. The topological polar surface area (TPSA) is 71.1 Å². The summed E-state index contributed by atoms with van der Waals surface area (Å²) in [5.74, 6) is 0.439. The van der Waals surface area contributed by atoms with Crippen molar-refractivity contribution >= 4 is 28.3 Å². The number of rotatable bonds is 5. The molecule has 2 amide bonds. The van der Waals surface area contributed by atoms with Crippen molar-refractivity contribution in [2.75, 3.05) is 11.9 Å². The Balaban J connectivity index is 1.71. The Morgan fingerprint density at radius 3 is 2.70 bits per heavy atom. The van der Waals surface area contributed by atoms with Gasteiger partial charge in [0.1, 0.15) is 0 Å². The van der Waals surface area contributed by atoms with Gasteiger partial charge in [-0.15, -0.1) is 11.3 Å². The molecular formula is C14H21N3O2S. The first kappa shape index (κ1) is 15.0. The molecule has 1 fully saturated rings. The summed E-state index contributed by atoms with van der Waals surface area (Å²) in [6.45, 7) is 5.88. The van der Waals surface area contributed by atoms with Crippen molar-refractivity contribution in [2.24, 2.45) is 5.41 Å². The molecule has 0 atom stereocenters. The summed E-state index contributed by atoms with van der Waals surface area (Å²) < 4.78 is 0. The molecule has 5 nitrogen and oxygen atoms in total. The normalized spacial score (nSPS) is 14.9. The first-order chi connectivity index (χ1) is 9.36. The van der Waals surface area contributed by atoms with Crippen molar-refractivity contribution in [1.29, 1.82) is 0 Å². The molecule has 0 unspecified atom stereocenters. The monoisotopic (exact) mass is 295 g/mol. The number of carbonyl (C=O) groups excluding carboxylic acids is 2. The number of nitrogens with one attached hydrogen (secondary N) is 2. The Labute approximate surface area is 123 Å². The van der Waals surface area contributed by atoms with E-state index in [1.165, 1.54) is 24.2 Å². The van der Waals surface area contributed by atoms with E-state index in [1.807, 2.05) is 26.2 Å². The number of hydrogen-bond acceptors (Lipinski definition) is 4. The smallest absolute Gasteiger partial charge is 0.227 e. The van der Waals surface area contributed by atoms with Crippen molar-refractivity contribution in [3.63, 3.8) is 0 Å². The van der Waals surface area contributed by atoms with Gasteiger partial charge in [-0.1, -0.05) is 20.8 Å². The molecule has 2 rings (SSSR count). The number of amides is 2. The molecule has 1 saturated carbocycles. The third-order valence-electron chi connectivity index (χ3n) is 3.08. The minimum atomic E-state index is -0.426. The molecule has 1 aliphatic carbocycles. The van der Waals surface area contributed by atoms with E-state index in [0.29, 0.717) is 17.6 Å². The predicted molar refractivity (Wildman–Crippen MR) is 79.8 cm³/mol. The second-order valence-electron chi connectivity index (χ2n) is 6.16. The van der Waals surface area contributed by atoms with E-state index in [4.69, 9.17) is 0 Å². The number of aromatic nitrogens is 1. The third-order valence-corrected chi connectivity index (χ3v) is 3.86. The van der Waals surface area contributed by atoms with Crippen LogP contribution >= 0.6 is 11.3 Å². The molecule has 0 radical (unpaired) electrons. The van der Waals surface area contributed by atoms with Crippen molar-refractivity contribution in [3.8, 4) is 0 Å². The van der Waals surface area contributed by atoms with E-state index in [1.54, 1.807) is 0 Å². The number of hydrogen-bond donors (Lipinski definition) is 2. The average Bonchev–Trinajstić information content (AvgIpc) is 3.09. The van der Waals surface area contributed by atoms with Gasteiger partial charge in [0, 0.05) is 29.7 Å². The molecule has 1 aromatic rings. The Bertz CT molecular complexity index is 501. The van der Waals surface area contributed by atoms with Gasteiger partial charge in [0.25, 0.3) is 0 Å². The van der Waals surface area contributed by atoms with Gasteiger partial charge in [0.05, 0.1) is 5.69 Å². The Hall–Kier alpha value is -1.43. The Morgan fingerprint density at radius 1 is 1.40 bits per heavy atom. The largest absolute Gasteiger partial charge is 0.355 e. The molecule has 1 aliphatic rings. The zero-order valence-electron chi connectivity index (χ0n) is 12.2. The fourth-order valence-corrected chi connectivity index (χ4v) is 2.46. The molecular weight excluding hydrogens is 274 g/mol. The summed E-state index contributed by atoms with van der Waals surface area (Å²) >= 11 is 1.46. The molecule has 20 heavy (non-hydrogen) atoms. The average molecular weight is 295 g/mol. The second-order valence-corrected chi connectivity index (χ2v) is 7.01. The van der Waals surface area contributed by atoms with E-state index >= 15 is 0 Å². The fourth-order valence-electron chi connectivity index (χ4n) is 1.65. The van der Waals surface area contributed by atoms with Gasteiger partial charge in [-0.05, 0) is 12.8 Å². The van der Waals surface area contributed by atoms with Gasteiger partial charge in [0.2, 0.25) is 11.8 Å². The zero-order chi connectivity index (χ0) is 14.8. The van der Waals surface area contributed by atoms with Crippen LogP contribution in [0.3, 0.4) is 0 Å². The highest BCUT2D eigenvalue weighted by Gasteiger charge is 2.26. The minimum Gasteiger partial charge on any atom is -0.355 e. The maximum Gasteiger partial charge on any atom is 0.227 e. The Morgan fingerprint density at radius 2 is 2.10 bits per heavy atom.